The minimum absolute atomic E-state index is 0.224. The third kappa shape index (κ3) is 5.64. The Labute approximate surface area is 154 Å². The van der Waals surface area contributed by atoms with Gasteiger partial charge in [0.2, 0.25) is 6.79 Å². The average Bonchev–Trinajstić information content (AvgIpc) is 3.13. The van der Waals surface area contributed by atoms with Crippen LogP contribution in [0.25, 0.3) is 0 Å². The van der Waals surface area contributed by atoms with Crippen molar-refractivity contribution in [2.45, 2.75) is 57.9 Å². The number of esters is 1. The zero-order chi connectivity index (χ0) is 18.2. The van der Waals surface area contributed by atoms with Crippen LogP contribution in [0.4, 0.5) is 0 Å². The standard InChI is InChI=1S/C20H27NO5/c22-19(21-12-16-9-10-17-18(11-16)26-14-25-17)13-24-20(23)8-4-7-15-5-2-1-3-6-15/h9-11,15H,1-8,12-14H2,(H,21,22). The Bertz CT molecular complexity index is 625. The van der Waals surface area contributed by atoms with Gasteiger partial charge in [-0.05, 0) is 36.5 Å². The molecule has 1 heterocycles. The fourth-order valence-corrected chi connectivity index (χ4v) is 3.53. The quantitative estimate of drug-likeness (QED) is 0.719. The molecule has 1 fully saturated rings. The summed E-state index contributed by atoms with van der Waals surface area (Å²) in [5.74, 6) is 1.56. The van der Waals surface area contributed by atoms with Gasteiger partial charge in [-0.3, -0.25) is 9.59 Å². The van der Waals surface area contributed by atoms with E-state index in [1.807, 2.05) is 18.2 Å². The van der Waals surface area contributed by atoms with Gasteiger partial charge in [-0.2, -0.15) is 0 Å². The molecular weight excluding hydrogens is 334 g/mol. The molecule has 6 heteroatoms. The van der Waals surface area contributed by atoms with Crippen molar-refractivity contribution in [3.8, 4) is 11.5 Å². The van der Waals surface area contributed by atoms with Crippen LogP contribution in [0.2, 0.25) is 0 Å². The SMILES string of the molecule is O=C(COC(=O)CCCC1CCCCC1)NCc1ccc2c(c1)OCO2. The van der Waals surface area contributed by atoms with Crippen LogP contribution in [0.5, 0.6) is 11.5 Å². The van der Waals surface area contributed by atoms with Crippen LogP contribution in [0.15, 0.2) is 18.2 Å². The number of amides is 1. The number of rotatable bonds is 8. The average molecular weight is 361 g/mol. The van der Waals surface area contributed by atoms with Gasteiger partial charge >= 0.3 is 5.97 Å². The maximum absolute atomic E-state index is 11.8. The van der Waals surface area contributed by atoms with Crippen LogP contribution >= 0.6 is 0 Å². The van der Waals surface area contributed by atoms with Crippen LogP contribution in [0, 0.1) is 5.92 Å². The van der Waals surface area contributed by atoms with E-state index in [1.54, 1.807) is 0 Å². The van der Waals surface area contributed by atoms with Crippen molar-refractivity contribution in [1.29, 1.82) is 0 Å². The van der Waals surface area contributed by atoms with Gasteiger partial charge in [0.05, 0.1) is 0 Å². The monoisotopic (exact) mass is 361 g/mol. The normalized spacial score (nSPS) is 16.3. The van der Waals surface area contributed by atoms with Crippen molar-refractivity contribution in [3.05, 3.63) is 23.8 Å². The lowest BCUT2D eigenvalue weighted by molar-refractivity contribution is -0.148. The molecule has 0 aromatic heterocycles. The summed E-state index contributed by atoms with van der Waals surface area (Å²) in [7, 11) is 0. The topological polar surface area (TPSA) is 73.9 Å². The van der Waals surface area contributed by atoms with Crippen LogP contribution in [0.1, 0.15) is 56.9 Å². The van der Waals surface area contributed by atoms with E-state index in [9.17, 15) is 9.59 Å². The first-order chi connectivity index (χ1) is 12.7. The summed E-state index contributed by atoms with van der Waals surface area (Å²) < 4.78 is 15.6. The predicted octanol–water partition coefficient (Wildman–Crippen LogP) is 3.33. The number of ether oxygens (including phenoxy) is 3. The van der Waals surface area contributed by atoms with E-state index in [0.29, 0.717) is 24.5 Å². The molecule has 1 N–H and O–H groups in total. The van der Waals surface area contributed by atoms with E-state index in [0.717, 1.165) is 24.3 Å². The minimum Gasteiger partial charge on any atom is -0.456 e. The number of carbonyl (C=O) groups excluding carboxylic acids is 2. The summed E-state index contributed by atoms with van der Waals surface area (Å²) in [5, 5.41) is 2.74. The predicted molar refractivity (Wildman–Crippen MR) is 95.8 cm³/mol. The molecular formula is C20H27NO5. The van der Waals surface area contributed by atoms with Gasteiger partial charge < -0.3 is 19.5 Å². The molecule has 0 saturated heterocycles. The molecule has 0 spiro atoms. The molecule has 0 atom stereocenters. The van der Waals surface area contributed by atoms with Gasteiger partial charge in [0.25, 0.3) is 5.91 Å². The number of hydrogen-bond acceptors (Lipinski definition) is 5. The Kier molecular flexibility index (Phi) is 6.75. The number of nitrogens with one attached hydrogen (secondary N) is 1. The van der Waals surface area contributed by atoms with Crippen LogP contribution in [0.3, 0.4) is 0 Å². The second kappa shape index (κ2) is 9.46. The first-order valence-corrected chi connectivity index (χ1v) is 9.51. The molecule has 1 aromatic rings. The van der Waals surface area contributed by atoms with Crippen LogP contribution in [-0.4, -0.2) is 25.3 Å². The zero-order valence-electron chi connectivity index (χ0n) is 15.1. The molecule has 0 unspecified atom stereocenters. The van der Waals surface area contributed by atoms with Gasteiger partial charge in [0.15, 0.2) is 18.1 Å². The summed E-state index contributed by atoms with van der Waals surface area (Å²) in [4.78, 5) is 23.6. The molecule has 1 aromatic carbocycles. The smallest absolute Gasteiger partial charge is 0.306 e. The third-order valence-corrected chi connectivity index (χ3v) is 5.01. The Hall–Kier alpha value is -2.24. The maximum Gasteiger partial charge on any atom is 0.306 e. The number of benzene rings is 1. The van der Waals surface area contributed by atoms with Gasteiger partial charge in [0, 0.05) is 13.0 Å². The fraction of sp³-hybridized carbons (Fsp3) is 0.600. The second-order valence-electron chi connectivity index (χ2n) is 7.02. The Morgan fingerprint density at radius 1 is 1.12 bits per heavy atom. The van der Waals surface area contributed by atoms with E-state index in [1.165, 1.54) is 32.1 Å². The molecule has 2 aliphatic rings. The van der Waals surface area contributed by atoms with Gasteiger partial charge in [-0.1, -0.05) is 38.2 Å². The Balaban J connectivity index is 1.28. The van der Waals surface area contributed by atoms with Crippen LogP contribution < -0.4 is 14.8 Å². The summed E-state index contributed by atoms with van der Waals surface area (Å²) in [5.41, 5.74) is 0.904. The third-order valence-electron chi connectivity index (χ3n) is 5.01. The first-order valence-electron chi connectivity index (χ1n) is 9.51. The lowest BCUT2D eigenvalue weighted by atomic mass is 9.86. The molecule has 1 aliphatic heterocycles. The van der Waals surface area contributed by atoms with Crippen LogP contribution in [-0.2, 0) is 20.9 Å². The molecule has 1 saturated carbocycles. The molecule has 26 heavy (non-hydrogen) atoms. The number of carbonyl (C=O) groups is 2. The van der Waals surface area contributed by atoms with Crippen molar-refractivity contribution in [1.82, 2.24) is 5.32 Å². The molecule has 0 bridgehead atoms. The van der Waals surface area contributed by atoms with Crippen molar-refractivity contribution < 1.29 is 23.8 Å². The van der Waals surface area contributed by atoms with Crippen molar-refractivity contribution in [2.75, 3.05) is 13.4 Å². The molecule has 3 rings (SSSR count). The highest BCUT2D eigenvalue weighted by molar-refractivity contribution is 5.80. The second-order valence-corrected chi connectivity index (χ2v) is 7.02. The minimum atomic E-state index is -0.303. The molecule has 1 aliphatic carbocycles. The van der Waals surface area contributed by atoms with Gasteiger partial charge in [0.1, 0.15) is 0 Å². The Morgan fingerprint density at radius 3 is 2.77 bits per heavy atom. The van der Waals surface area contributed by atoms with Crippen molar-refractivity contribution in [3.63, 3.8) is 0 Å². The number of fused-ring (bicyclic) bond motifs is 1. The molecule has 0 radical (unpaired) electrons. The van der Waals surface area contributed by atoms with E-state index < -0.39 is 0 Å². The lowest BCUT2D eigenvalue weighted by Crippen LogP contribution is -2.28. The number of hydrogen-bond donors (Lipinski definition) is 1. The first kappa shape index (κ1) is 18.5. The summed E-state index contributed by atoms with van der Waals surface area (Å²) >= 11 is 0. The fourth-order valence-electron chi connectivity index (χ4n) is 3.53. The van der Waals surface area contributed by atoms with E-state index in [4.69, 9.17) is 14.2 Å². The Morgan fingerprint density at radius 2 is 1.92 bits per heavy atom. The van der Waals surface area contributed by atoms with E-state index in [-0.39, 0.29) is 25.3 Å². The highest BCUT2D eigenvalue weighted by Crippen LogP contribution is 2.32. The van der Waals surface area contributed by atoms with Gasteiger partial charge in [-0.15, -0.1) is 0 Å². The molecule has 6 nitrogen and oxygen atoms in total. The highest BCUT2D eigenvalue weighted by atomic mass is 16.7. The zero-order valence-corrected chi connectivity index (χ0v) is 15.1. The lowest BCUT2D eigenvalue weighted by Gasteiger charge is -2.20. The largest absolute Gasteiger partial charge is 0.456 e. The summed E-state index contributed by atoms with van der Waals surface area (Å²) in [6, 6.07) is 5.51. The maximum atomic E-state index is 11.8. The van der Waals surface area contributed by atoms with Gasteiger partial charge in [-0.25, -0.2) is 0 Å². The van der Waals surface area contributed by atoms with E-state index in [2.05, 4.69) is 5.32 Å². The molecule has 1 amide bonds. The summed E-state index contributed by atoms with van der Waals surface area (Å²) in [6.07, 6.45) is 8.89. The van der Waals surface area contributed by atoms with Crippen molar-refractivity contribution in [2.24, 2.45) is 5.92 Å². The van der Waals surface area contributed by atoms with E-state index >= 15 is 0 Å². The highest BCUT2D eigenvalue weighted by Gasteiger charge is 2.15. The van der Waals surface area contributed by atoms with Crippen molar-refractivity contribution >= 4 is 11.9 Å². The molecule has 142 valence electrons. The summed E-state index contributed by atoms with van der Waals surface area (Å²) in [6.45, 7) is 0.351.